The van der Waals surface area contributed by atoms with Gasteiger partial charge in [0.1, 0.15) is 0 Å². The summed E-state index contributed by atoms with van der Waals surface area (Å²) in [5, 5.41) is 19.8. The lowest BCUT2D eigenvalue weighted by molar-refractivity contribution is 0.0726. The SMILES string of the molecule is CSc1cnc(N[C@H]2CC[C@H](Nc3nc4ccc(C(=O)N5CC6(CCNC6)CC5CSc5cnc(N[C@H]6CC[C@H](Nc7nc8ccc(C(=O)N9CCc%10cccnc%10C9)cc8s7)C6)nc5)cc4s3)C2)nc1. The molecule has 5 N–H and O–H groups in total. The molecule has 71 heavy (non-hydrogen) atoms. The molecule has 0 bridgehead atoms. The van der Waals surface area contributed by atoms with Gasteiger partial charge in [-0.25, -0.2) is 29.9 Å². The monoisotopic (exact) mass is 1020 g/mol. The van der Waals surface area contributed by atoms with Gasteiger partial charge in [0.2, 0.25) is 11.9 Å². The van der Waals surface area contributed by atoms with Gasteiger partial charge in [0.05, 0.1) is 32.7 Å². The van der Waals surface area contributed by atoms with Crippen LogP contribution in [0.3, 0.4) is 0 Å². The van der Waals surface area contributed by atoms with Crippen molar-refractivity contribution in [2.24, 2.45) is 5.41 Å². The van der Waals surface area contributed by atoms with Crippen molar-refractivity contribution in [1.29, 1.82) is 0 Å². The molecule has 4 fully saturated rings. The number of rotatable bonds is 14. The van der Waals surface area contributed by atoms with Crippen LogP contribution in [-0.2, 0) is 13.0 Å². The van der Waals surface area contributed by atoms with Gasteiger partial charge in [-0.15, -0.1) is 23.5 Å². The molecule has 0 radical (unpaired) electrons. The highest BCUT2D eigenvalue weighted by Gasteiger charge is 2.47. The summed E-state index contributed by atoms with van der Waals surface area (Å²) in [6.45, 7) is 3.91. The van der Waals surface area contributed by atoms with Crippen LogP contribution in [-0.4, -0.2) is 125 Å². The van der Waals surface area contributed by atoms with E-state index in [0.717, 1.165) is 129 Å². The van der Waals surface area contributed by atoms with Crippen molar-refractivity contribution in [2.75, 3.05) is 59.5 Å². The molecule has 7 aromatic rings. The number of thiazole rings is 2. The third-order valence-corrected chi connectivity index (χ3v) is 18.5. The number of pyridine rings is 1. The molecule has 1 spiro atoms. The molecule has 2 aliphatic carbocycles. The van der Waals surface area contributed by atoms with Gasteiger partial charge in [-0.1, -0.05) is 28.7 Å². The fourth-order valence-corrected chi connectivity index (χ4v) is 14.3. The molecule has 2 aromatic carbocycles. The quantitative estimate of drug-likeness (QED) is 0.0650. The second-order valence-corrected chi connectivity index (χ2v) is 23.7. The van der Waals surface area contributed by atoms with Crippen molar-refractivity contribution in [1.82, 2.24) is 50.0 Å². The smallest absolute Gasteiger partial charge is 0.254 e. The number of carbonyl (C=O) groups is 2. The van der Waals surface area contributed by atoms with Gasteiger partial charge in [0, 0.05) is 113 Å². The molecule has 2 amide bonds. The number of hydrogen-bond acceptors (Lipinski definition) is 18. The molecule has 5 aromatic heterocycles. The van der Waals surface area contributed by atoms with Crippen molar-refractivity contribution in [2.45, 2.75) is 104 Å². The van der Waals surface area contributed by atoms with Crippen LogP contribution in [0.1, 0.15) is 83.3 Å². The average Bonchev–Trinajstić information content (AvgIpc) is 4.29. The molecule has 20 heteroatoms. The van der Waals surface area contributed by atoms with E-state index < -0.39 is 0 Å². The Balaban J connectivity index is 0.628. The molecule has 6 atom stereocenters. The first-order chi connectivity index (χ1) is 34.8. The summed E-state index contributed by atoms with van der Waals surface area (Å²) in [7, 11) is 0. The van der Waals surface area contributed by atoms with Gasteiger partial charge in [-0.05, 0) is 119 Å². The van der Waals surface area contributed by atoms with Gasteiger partial charge in [0.25, 0.3) is 11.8 Å². The number of anilines is 4. The summed E-state index contributed by atoms with van der Waals surface area (Å²) in [4.78, 5) is 66.7. The topological polar surface area (TPSA) is 191 Å². The Bertz CT molecular complexity index is 3060. The van der Waals surface area contributed by atoms with Crippen molar-refractivity contribution in [3.05, 3.63) is 102 Å². The Morgan fingerprint density at radius 3 is 1.97 bits per heavy atom. The van der Waals surface area contributed by atoms with Crippen molar-refractivity contribution >= 4 is 101 Å². The maximum Gasteiger partial charge on any atom is 0.254 e. The second kappa shape index (κ2) is 20.1. The molecular weight excluding hydrogens is 969 g/mol. The van der Waals surface area contributed by atoms with E-state index in [1.807, 2.05) is 78.4 Å². The average molecular weight is 1030 g/mol. The Morgan fingerprint density at radius 2 is 1.37 bits per heavy atom. The number of nitrogens with zero attached hydrogens (tertiary/aromatic N) is 9. The molecule has 16 nitrogen and oxygen atoms in total. The van der Waals surface area contributed by atoms with E-state index in [1.54, 1.807) is 52.4 Å². The van der Waals surface area contributed by atoms with Crippen molar-refractivity contribution in [3.8, 4) is 0 Å². The van der Waals surface area contributed by atoms with Gasteiger partial charge >= 0.3 is 0 Å². The van der Waals surface area contributed by atoms with Gasteiger partial charge in [-0.2, -0.15) is 0 Å². The van der Waals surface area contributed by atoms with E-state index in [2.05, 4.69) is 52.5 Å². The van der Waals surface area contributed by atoms with Crippen LogP contribution >= 0.6 is 46.2 Å². The Morgan fingerprint density at radius 1 is 0.761 bits per heavy atom. The minimum atomic E-state index is 0.0320. The minimum absolute atomic E-state index is 0.0320. The largest absolute Gasteiger partial charge is 0.359 e. The lowest BCUT2D eigenvalue weighted by atomic mass is 9.85. The minimum Gasteiger partial charge on any atom is -0.359 e. The first-order valence-corrected chi connectivity index (χ1v) is 28.5. The number of aromatic nitrogens is 7. The zero-order chi connectivity index (χ0) is 47.9. The first kappa shape index (κ1) is 46.4. The van der Waals surface area contributed by atoms with Gasteiger partial charge in [-0.3, -0.25) is 14.6 Å². The van der Waals surface area contributed by atoms with E-state index in [4.69, 9.17) is 19.9 Å². The van der Waals surface area contributed by atoms with Crippen LogP contribution in [0.2, 0.25) is 0 Å². The number of likely N-dealkylation sites (tertiary alicyclic amines) is 1. The van der Waals surface area contributed by atoms with Crippen LogP contribution in [0.15, 0.2) is 89.3 Å². The molecule has 3 aliphatic heterocycles. The first-order valence-electron chi connectivity index (χ1n) is 24.7. The van der Waals surface area contributed by atoms with E-state index in [0.29, 0.717) is 48.2 Å². The highest BCUT2D eigenvalue weighted by atomic mass is 32.2. The second-order valence-electron chi connectivity index (χ2n) is 19.7. The highest BCUT2D eigenvalue weighted by molar-refractivity contribution is 7.99. The number of thioether (sulfide) groups is 2. The van der Waals surface area contributed by atoms with Crippen LogP contribution in [0.5, 0.6) is 0 Å². The number of amides is 2. The summed E-state index contributed by atoms with van der Waals surface area (Å²) in [5.41, 5.74) is 5.50. The van der Waals surface area contributed by atoms with Crippen molar-refractivity contribution < 1.29 is 9.59 Å². The summed E-state index contributed by atoms with van der Waals surface area (Å²) in [6, 6.07) is 17.1. The Labute approximate surface area is 428 Å². The van der Waals surface area contributed by atoms with Crippen LogP contribution in [0.4, 0.5) is 22.2 Å². The molecule has 5 aliphatic rings. The van der Waals surface area contributed by atoms with E-state index >= 15 is 0 Å². The fraction of sp³-hybridized carbons (Fsp3) is 0.431. The lowest BCUT2D eigenvalue weighted by Gasteiger charge is -2.28. The predicted octanol–water partition coefficient (Wildman–Crippen LogP) is 8.68. The zero-order valence-corrected chi connectivity index (χ0v) is 42.7. The summed E-state index contributed by atoms with van der Waals surface area (Å²) in [6.07, 6.45) is 20.2. The Hall–Kier alpha value is -5.67. The van der Waals surface area contributed by atoms with Crippen LogP contribution < -0.4 is 26.6 Å². The highest BCUT2D eigenvalue weighted by Crippen LogP contribution is 2.43. The summed E-state index contributed by atoms with van der Waals surface area (Å²) >= 11 is 6.58. The molecular formula is C51H56N14O2S4. The molecule has 8 heterocycles. The zero-order valence-electron chi connectivity index (χ0n) is 39.5. The third kappa shape index (κ3) is 10.2. The molecule has 12 rings (SSSR count). The van der Waals surface area contributed by atoms with Gasteiger partial charge < -0.3 is 36.4 Å². The molecule has 366 valence electrons. The standard InChI is InChI=1S/C51H56N14O2S4/c1-68-38-22-54-47(55-23-38)58-33-6-8-35(19-33)61-50-63-41-11-5-32(18-44(41)71-50)46(67)65-29-51(13-15-52-28-51)21-37(65)27-69-39-24-56-48(57-25-39)59-34-7-9-36(20-34)60-49-62-40-10-4-31(17-43(40)70-49)45(66)64-16-12-30-3-2-14-53-42(30)26-64/h2-5,10-11,14,17-18,22-25,33-37,52H,6-9,12-13,15-16,19-21,26-29H2,1H3,(H,60,62)(H,61,63)(H,54,55,58)(H,56,57,59)/t33-,34-,35-,36-,37?,51?/m0/s1. The van der Waals surface area contributed by atoms with Crippen molar-refractivity contribution in [3.63, 3.8) is 0 Å². The maximum atomic E-state index is 14.4. The van der Waals surface area contributed by atoms with Crippen LogP contribution in [0, 0.1) is 5.41 Å². The van der Waals surface area contributed by atoms with E-state index in [9.17, 15) is 9.59 Å². The number of carbonyl (C=O) groups excluding carboxylic acids is 2. The normalized spacial score (nSPS) is 24.0. The number of hydrogen-bond donors (Lipinski definition) is 5. The number of benzene rings is 2. The van der Waals surface area contributed by atoms with Gasteiger partial charge in [0.15, 0.2) is 10.3 Å². The van der Waals surface area contributed by atoms with E-state index in [-0.39, 0.29) is 35.4 Å². The number of fused-ring (bicyclic) bond motifs is 3. The summed E-state index contributed by atoms with van der Waals surface area (Å²) in [5.74, 6) is 2.20. The summed E-state index contributed by atoms with van der Waals surface area (Å²) < 4.78 is 2.01. The molecule has 2 unspecified atom stereocenters. The molecule has 2 saturated heterocycles. The predicted molar refractivity (Wildman–Crippen MR) is 285 cm³/mol. The maximum absolute atomic E-state index is 14.4. The van der Waals surface area contributed by atoms with Crippen LogP contribution in [0.25, 0.3) is 20.4 Å². The molecule has 2 saturated carbocycles. The third-order valence-electron chi connectivity index (χ3n) is 14.9. The fourth-order valence-electron chi connectivity index (χ4n) is 11.1. The lowest BCUT2D eigenvalue weighted by Crippen LogP contribution is -2.38. The van der Waals surface area contributed by atoms with E-state index in [1.165, 1.54) is 5.56 Å². The number of nitrogens with one attached hydrogen (secondary N) is 5. The Kier molecular flexibility index (Phi) is 13.1.